The fourth-order valence-electron chi connectivity index (χ4n) is 2.39. The number of anilines is 1. The number of hydrogen-bond acceptors (Lipinski definition) is 3. The summed E-state index contributed by atoms with van der Waals surface area (Å²) in [6.45, 7) is 7.42. The molecule has 0 unspecified atom stereocenters. The Kier molecular flexibility index (Phi) is 5.98. The molecule has 0 aromatic heterocycles. The SMILES string of the molecule is Cc1ccc(C)c(S(=O)(=O)NCC(=O)Nc2ccc(C(C)C)cc2)c1. The van der Waals surface area contributed by atoms with Crippen molar-refractivity contribution < 1.29 is 13.2 Å². The van der Waals surface area contributed by atoms with Gasteiger partial charge in [0.25, 0.3) is 0 Å². The highest BCUT2D eigenvalue weighted by Gasteiger charge is 2.18. The molecule has 25 heavy (non-hydrogen) atoms. The largest absolute Gasteiger partial charge is 0.325 e. The lowest BCUT2D eigenvalue weighted by molar-refractivity contribution is -0.115. The van der Waals surface area contributed by atoms with Crippen LogP contribution in [-0.4, -0.2) is 20.9 Å². The Hall–Kier alpha value is -2.18. The molecule has 0 aliphatic rings. The van der Waals surface area contributed by atoms with Crippen molar-refractivity contribution in [1.82, 2.24) is 4.72 Å². The number of nitrogens with one attached hydrogen (secondary N) is 2. The van der Waals surface area contributed by atoms with E-state index in [4.69, 9.17) is 0 Å². The van der Waals surface area contributed by atoms with E-state index in [-0.39, 0.29) is 11.4 Å². The monoisotopic (exact) mass is 360 g/mol. The zero-order valence-corrected chi connectivity index (χ0v) is 15.8. The molecule has 5 nitrogen and oxygen atoms in total. The second kappa shape index (κ2) is 7.80. The molecule has 0 fully saturated rings. The van der Waals surface area contributed by atoms with Gasteiger partial charge in [-0.15, -0.1) is 0 Å². The Bertz CT molecular complexity index is 857. The zero-order valence-electron chi connectivity index (χ0n) is 15.0. The van der Waals surface area contributed by atoms with Crippen LogP contribution in [0.2, 0.25) is 0 Å². The number of amides is 1. The molecule has 0 radical (unpaired) electrons. The second-order valence-electron chi connectivity index (χ2n) is 6.42. The van der Waals surface area contributed by atoms with Crippen molar-refractivity contribution in [2.45, 2.75) is 38.5 Å². The van der Waals surface area contributed by atoms with Gasteiger partial charge in [0.2, 0.25) is 15.9 Å². The highest BCUT2D eigenvalue weighted by Crippen LogP contribution is 2.18. The first-order chi connectivity index (χ1) is 11.7. The molecule has 1 amide bonds. The number of benzene rings is 2. The van der Waals surface area contributed by atoms with Gasteiger partial charge in [0, 0.05) is 5.69 Å². The van der Waals surface area contributed by atoms with Gasteiger partial charge in [-0.25, -0.2) is 13.1 Å². The predicted molar refractivity (Wildman–Crippen MR) is 100 cm³/mol. The fraction of sp³-hybridized carbons (Fsp3) is 0.316. The zero-order chi connectivity index (χ0) is 18.6. The summed E-state index contributed by atoms with van der Waals surface area (Å²) in [5.41, 5.74) is 3.30. The summed E-state index contributed by atoms with van der Waals surface area (Å²) in [5.74, 6) is 0.000285. The standard InChI is InChI=1S/C19H24N2O3S/c1-13(2)16-7-9-17(10-8-16)21-19(22)12-20-25(23,24)18-11-14(3)5-6-15(18)4/h5-11,13,20H,12H2,1-4H3,(H,21,22). The first-order valence-electron chi connectivity index (χ1n) is 8.16. The third-order valence-electron chi connectivity index (χ3n) is 3.92. The molecular formula is C19H24N2O3S. The summed E-state index contributed by atoms with van der Waals surface area (Å²) in [4.78, 5) is 12.2. The van der Waals surface area contributed by atoms with E-state index in [9.17, 15) is 13.2 Å². The van der Waals surface area contributed by atoms with Crippen LogP contribution in [0.4, 0.5) is 5.69 Å². The molecule has 2 aromatic rings. The molecule has 0 aliphatic carbocycles. The lowest BCUT2D eigenvalue weighted by Gasteiger charge is -2.11. The first-order valence-corrected chi connectivity index (χ1v) is 9.64. The van der Waals surface area contributed by atoms with E-state index in [0.29, 0.717) is 17.2 Å². The minimum Gasteiger partial charge on any atom is -0.325 e. The lowest BCUT2D eigenvalue weighted by Crippen LogP contribution is -2.33. The molecule has 6 heteroatoms. The van der Waals surface area contributed by atoms with E-state index in [1.807, 2.05) is 37.3 Å². The maximum absolute atomic E-state index is 12.4. The minimum absolute atomic E-state index is 0.196. The van der Waals surface area contributed by atoms with Gasteiger partial charge in [-0.2, -0.15) is 0 Å². The maximum atomic E-state index is 12.4. The molecule has 0 spiro atoms. The minimum atomic E-state index is -3.73. The number of carbonyl (C=O) groups excluding carboxylic acids is 1. The van der Waals surface area contributed by atoms with Gasteiger partial charge in [-0.3, -0.25) is 4.79 Å². The van der Waals surface area contributed by atoms with Crippen LogP contribution in [-0.2, 0) is 14.8 Å². The Morgan fingerprint density at radius 2 is 1.68 bits per heavy atom. The van der Waals surface area contributed by atoms with Crippen LogP contribution in [0.1, 0.15) is 36.5 Å². The molecule has 0 saturated carbocycles. The average Bonchev–Trinajstić information content (AvgIpc) is 2.56. The van der Waals surface area contributed by atoms with Crippen molar-refractivity contribution >= 4 is 21.6 Å². The van der Waals surface area contributed by atoms with Crippen molar-refractivity contribution in [3.8, 4) is 0 Å². The third-order valence-corrected chi connectivity index (χ3v) is 5.46. The fourth-order valence-corrected chi connectivity index (χ4v) is 3.70. The summed E-state index contributed by atoms with van der Waals surface area (Å²) >= 11 is 0. The number of sulfonamides is 1. The molecule has 0 bridgehead atoms. The Morgan fingerprint density at radius 1 is 1.04 bits per heavy atom. The molecule has 134 valence electrons. The Labute approximate surface area is 149 Å². The molecule has 2 N–H and O–H groups in total. The van der Waals surface area contributed by atoms with Crippen LogP contribution in [0.3, 0.4) is 0 Å². The second-order valence-corrected chi connectivity index (χ2v) is 8.15. The summed E-state index contributed by atoms with van der Waals surface area (Å²) in [7, 11) is -3.73. The lowest BCUT2D eigenvalue weighted by atomic mass is 10.0. The van der Waals surface area contributed by atoms with Gasteiger partial charge in [0.05, 0.1) is 11.4 Å². The quantitative estimate of drug-likeness (QED) is 0.829. The van der Waals surface area contributed by atoms with Crippen molar-refractivity contribution in [1.29, 1.82) is 0 Å². The predicted octanol–water partition coefficient (Wildman–Crippen LogP) is 3.34. The topological polar surface area (TPSA) is 75.3 Å². The molecule has 0 atom stereocenters. The van der Waals surface area contributed by atoms with Crippen molar-refractivity contribution in [3.05, 3.63) is 59.2 Å². The van der Waals surface area contributed by atoms with Gasteiger partial charge >= 0.3 is 0 Å². The molecule has 2 aromatic carbocycles. The van der Waals surface area contributed by atoms with E-state index in [1.54, 1.807) is 19.1 Å². The third kappa shape index (κ3) is 5.14. The van der Waals surface area contributed by atoms with Crippen LogP contribution < -0.4 is 10.0 Å². The van der Waals surface area contributed by atoms with Crippen molar-refractivity contribution in [3.63, 3.8) is 0 Å². The maximum Gasteiger partial charge on any atom is 0.241 e. The van der Waals surface area contributed by atoms with Gasteiger partial charge in [0.1, 0.15) is 0 Å². The summed E-state index contributed by atoms with van der Waals surface area (Å²) in [5, 5.41) is 2.69. The van der Waals surface area contributed by atoms with E-state index in [1.165, 1.54) is 5.56 Å². The summed E-state index contributed by atoms with van der Waals surface area (Å²) < 4.78 is 27.1. The smallest absolute Gasteiger partial charge is 0.241 e. The number of aryl methyl sites for hydroxylation is 2. The number of rotatable bonds is 6. The van der Waals surface area contributed by atoms with Crippen LogP contribution in [0, 0.1) is 13.8 Å². The normalized spacial score (nSPS) is 11.6. The average molecular weight is 360 g/mol. The Morgan fingerprint density at radius 3 is 2.28 bits per heavy atom. The van der Waals surface area contributed by atoms with E-state index >= 15 is 0 Å². The van der Waals surface area contributed by atoms with Crippen LogP contribution >= 0.6 is 0 Å². The van der Waals surface area contributed by atoms with Gasteiger partial charge in [0.15, 0.2) is 0 Å². The first kappa shape index (κ1) is 19.1. The molecule has 2 rings (SSSR count). The summed E-state index contributed by atoms with van der Waals surface area (Å²) in [6, 6.07) is 12.7. The van der Waals surface area contributed by atoms with Crippen molar-refractivity contribution in [2.75, 3.05) is 11.9 Å². The van der Waals surface area contributed by atoms with Gasteiger partial charge in [-0.1, -0.05) is 38.1 Å². The van der Waals surface area contributed by atoms with Gasteiger partial charge in [-0.05, 0) is 54.7 Å². The molecular weight excluding hydrogens is 336 g/mol. The summed E-state index contributed by atoms with van der Waals surface area (Å²) in [6.07, 6.45) is 0. The van der Waals surface area contributed by atoms with Crippen LogP contribution in [0.25, 0.3) is 0 Å². The van der Waals surface area contributed by atoms with E-state index in [2.05, 4.69) is 23.9 Å². The highest BCUT2D eigenvalue weighted by atomic mass is 32.2. The molecule has 0 saturated heterocycles. The Balaban J connectivity index is 2.00. The number of hydrogen-bond donors (Lipinski definition) is 2. The molecule has 0 heterocycles. The highest BCUT2D eigenvalue weighted by molar-refractivity contribution is 7.89. The van der Waals surface area contributed by atoms with Gasteiger partial charge < -0.3 is 5.32 Å². The van der Waals surface area contributed by atoms with E-state index < -0.39 is 15.9 Å². The van der Waals surface area contributed by atoms with E-state index in [0.717, 1.165) is 5.56 Å². The number of carbonyl (C=O) groups is 1. The molecule has 0 aliphatic heterocycles. The van der Waals surface area contributed by atoms with Crippen LogP contribution in [0.5, 0.6) is 0 Å². The van der Waals surface area contributed by atoms with Crippen molar-refractivity contribution in [2.24, 2.45) is 0 Å². The van der Waals surface area contributed by atoms with Crippen LogP contribution in [0.15, 0.2) is 47.4 Å².